The first-order valence-corrected chi connectivity index (χ1v) is 8.00. The SMILES string of the molecule is Cc1cccc(OCC2=Cc3cccc(N)c3S2(=O)=O)c1. The van der Waals surface area contributed by atoms with Crippen LogP contribution in [0.1, 0.15) is 11.1 Å². The van der Waals surface area contributed by atoms with Crippen molar-refractivity contribution in [3.05, 3.63) is 58.5 Å². The molecule has 0 radical (unpaired) electrons. The third-order valence-corrected chi connectivity index (χ3v) is 5.31. The molecule has 0 spiro atoms. The summed E-state index contributed by atoms with van der Waals surface area (Å²) in [5, 5.41) is 0. The van der Waals surface area contributed by atoms with Gasteiger partial charge in [-0.3, -0.25) is 0 Å². The van der Waals surface area contributed by atoms with Crippen LogP contribution in [-0.4, -0.2) is 15.0 Å². The van der Waals surface area contributed by atoms with Gasteiger partial charge in [0.2, 0.25) is 9.84 Å². The van der Waals surface area contributed by atoms with Crippen molar-refractivity contribution in [2.75, 3.05) is 12.3 Å². The van der Waals surface area contributed by atoms with E-state index in [1.165, 1.54) is 0 Å². The van der Waals surface area contributed by atoms with Gasteiger partial charge in [0.15, 0.2) is 0 Å². The van der Waals surface area contributed by atoms with Gasteiger partial charge in [-0.2, -0.15) is 0 Å². The lowest BCUT2D eigenvalue weighted by atomic mass is 10.2. The number of fused-ring (bicyclic) bond motifs is 1. The Bertz CT molecular complexity index is 838. The normalized spacial score (nSPS) is 15.4. The van der Waals surface area contributed by atoms with Crippen LogP contribution in [0, 0.1) is 6.92 Å². The molecule has 1 heterocycles. The molecule has 0 unspecified atom stereocenters. The average molecular weight is 301 g/mol. The van der Waals surface area contributed by atoms with Gasteiger partial charge in [0.25, 0.3) is 0 Å². The highest BCUT2D eigenvalue weighted by Crippen LogP contribution is 2.36. The van der Waals surface area contributed by atoms with Crippen molar-refractivity contribution in [3.63, 3.8) is 0 Å². The zero-order chi connectivity index (χ0) is 15.0. The van der Waals surface area contributed by atoms with Crippen molar-refractivity contribution in [1.82, 2.24) is 0 Å². The number of hydrogen-bond donors (Lipinski definition) is 1. The van der Waals surface area contributed by atoms with E-state index in [1.807, 2.05) is 25.1 Å². The minimum Gasteiger partial charge on any atom is -0.488 e. The van der Waals surface area contributed by atoms with Gasteiger partial charge in [-0.15, -0.1) is 0 Å². The topological polar surface area (TPSA) is 69.4 Å². The molecule has 2 aromatic rings. The summed E-state index contributed by atoms with van der Waals surface area (Å²) in [4.78, 5) is 0.421. The van der Waals surface area contributed by atoms with Gasteiger partial charge in [0.1, 0.15) is 17.3 Å². The van der Waals surface area contributed by atoms with Gasteiger partial charge < -0.3 is 10.5 Å². The van der Waals surface area contributed by atoms with Crippen molar-refractivity contribution in [2.24, 2.45) is 0 Å². The third-order valence-electron chi connectivity index (χ3n) is 3.38. The van der Waals surface area contributed by atoms with Crippen molar-refractivity contribution in [3.8, 4) is 5.75 Å². The predicted octanol–water partition coefficient (Wildman–Crippen LogP) is 2.78. The first-order valence-electron chi connectivity index (χ1n) is 6.52. The Morgan fingerprint density at radius 3 is 2.62 bits per heavy atom. The molecule has 0 saturated carbocycles. The zero-order valence-electron chi connectivity index (χ0n) is 11.5. The maximum Gasteiger partial charge on any atom is 0.208 e. The minimum atomic E-state index is -3.55. The second-order valence-electron chi connectivity index (χ2n) is 4.98. The van der Waals surface area contributed by atoms with Gasteiger partial charge in [-0.25, -0.2) is 8.42 Å². The molecule has 21 heavy (non-hydrogen) atoms. The molecule has 0 aliphatic carbocycles. The molecule has 108 valence electrons. The number of hydrogen-bond acceptors (Lipinski definition) is 4. The van der Waals surface area contributed by atoms with Gasteiger partial charge in [-0.05, 0) is 42.3 Å². The molecule has 5 heteroatoms. The summed E-state index contributed by atoms with van der Waals surface area (Å²) in [5.74, 6) is 0.648. The fourth-order valence-electron chi connectivity index (χ4n) is 2.36. The Labute approximate surface area is 123 Å². The number of benzene rings is 2. The highest BCUT2D eigenvalue weighted by molar-refractivity contribution is 7.96. The Morgan fingerprint density at radius 1 is 1.14 bits per heavy atom. The number of sulfone groups is 1. The second kappa shape index (κ2) is 4.93. The summed E-state index contributed by atoms with van der Waals surface area (Å²) in [6.07, 6.45) is 1.62. The maximum atomic E-state index is 12.5. The number of aryl methyl sites for hydroxylation is 1. The van der Waals surface area contributed by atoms with Crippen LogP contribution in [0.4, 0.5) is 5.69 Å². The number of nitrogen functional groups attached to an aromatic ring is 1. The Morgan fingerprint density at radius 2 is 1.90 bits per heavy atom. The maximum absolute atomic E-state index is 12.5. The average Bonchev–Trinajstić information content (AvgIpc) is 2.69. The first kappa shape index (κ1) is 13.7. The summed E-state index contributed by atoms with van der Waals surface area (Å²) < 4.78 is 30.5. The Hall–Kier alpha value is -2.27. The van der Waals surface area contributed by atoms with Crippen LogP contribution in [0.25, 0.3) is 6.08 Å². The highest BCUT2D eigenvalue weighted by atomic mass is 32.2. The quantitative estimate of drug-likeness (QED) is 0.885. The number of ether oxygens (including phenoxy) is 1. The summed E-state index contributed by atoms with van der Waals surface area (Å²) in [6.45, 7) is 1.95. The summed E-state index contributed by atoms with van der Waals surface area (Å²) in [6, 6.07) is 12.6. The number of nitrogens with two attached hydrogens (primary N) is 1. The minimum absolute atomic E-state index is 0.0000926. The van der Waals surface area contributed by atoms with Crippen molar-refractivity contribution >= 4 is 21.6 Å². The molecule has 0 atom stereocenters. The van der Waals surface area contributed by atoms with E-state index in [2.05, 4.69) is 0 Å². The molecule has 0 fully saturated rings. The molecular weight excluding hydrogens is 286 g/mol. The molecule has 2 N–H and O–H groups in total. The molecule has 0 amide bonds. The van der Waals surface area contributed by atoms with Crippen molar-refractivity contribution in [2.45, 2.75) is 11.8 Å². The fraction of sp³-hybridized carbons (Fsp3) is 0.125. The molecule has 4 nitrogen and oxygen atoms in total. The van der Waals surface area contributed by atoms with Crippen LogP contribution in [0.15, 0.2) is 52.3 Å². The van der Waals surface area contributed by atoms with Crippen LogP contribution in [-0.2, 0) is 9.84 Å². The van der Waals surface area contributed by atoms with E-state index >= 15 is 0 Å². The molecule has 1 aliphatic heterocycles. The number of anilines is 1. The van der Waals surface area contributed by atoms with Crippen LogP contribution >= 0.6 is 0 Å². The molecule has 3 rings (SSSR count). The first-order chi connectivity index (χ1) is 9.98. The molecule has 2 aromatic carbocycles. The van der Waals surface area contributed by atoms with Crippen molar-refractivity contribution in [1.29, 1.82) is 0 Å². The third kappa shape index (κ3) is 2.40. The van der Waals surface area contributed by atoms with Gasteiger partial charge in [0.05, 0.1) is 10.6 Å². The van der Waals surface area contributed by atoms with Crippen molar-refractivity contribution < 1.29 is 13.2 Å². The van der Waals surface area contributed by atoms with E-state index in [0.29, 0.717) is 11.3 Å². The second-order valence-corrected chi connectivity index (χ2v) is 6.92. The monoisotopic (exact) mass is 301 g/mol. The molecule has 0 bridgehead atoms. The lowest BCUT2D eigenvalue weighted by Crippen LogP contribution is -2.10. The Kier molecular flexibility index (Phi) is 3.22. The standard InChI is InChI=1S/C16H15NO3S/c1-11-4-2-6-13(8-11)20-10-14-9-12-5-3-7-15(17)16(12)21(14,18)19/h2-9H,10,17H2,1H3. The van der Waals surface area contributed by atoms with Crippen LogP contribution in [0.3, 0.4) is 0 Å². The Balaban J connectivity index is 1.87. The molecule has 0 aromatic heterocycles. The zero-order valence-corrected chi connectivity index (χ0v) is 12.4. The van der Waals surface area contributed by atoms with Crippen LogP contribution < -0.4 is 10.5 Å². The van der Waals surface area contributed by atoms with E-state index in [-0.39, 0.29) is 22.1 Å². The molecule has 0 saturated heterocycles. The summed E-state index contributed by atoms with van der Waals surface area (Å²) >= 11 is 0. The molecule has 1 aliphatic rings. The van der Waals surface area contributed by atoms with Crippen LogP contribution in [0.2, 0.25) is 0 Å². The fourth-order valence-corrected chi connectivity index (χ4v) is 3.93. The van der Waals surface area contributed by atoms with E-state index in [0.717, 1.165) is 5.56 Å². The lowest BCUT2D eigenvalue weighted by Gasteiger charge is -2.08. The predicted molar refractivity (Wildman–Crippen MR) is 82.7 cm³/mol. The van der Waals surface area contributed by atoms with Crippen LogP contribution in [0.5, 0.6) is 5.75 Å². The summed E-state index contributed by atoms with van der Waals surface area (Å²) in [5.41, 5.74) is 7.74. The molecular formula is C16H15NO3S. The van der Waals surface area contributed by atoms with E-state index in [9.17, 15) is 8.42 Å². The van der Waals surface area contributed by atoms with E-state index < -0.39 is 9.84 Å². The van der Waals surface area contributed by atoms with E-state index in [1.54, 1.807) is 30.3 Å². The van der Waals surface area contributed by atoms with E-state index in [4.69, 9.17) is 10.5 Å². The largest absolute Gasteiger partial charge is 0.488 e. The highest BCUT2D eigenvalue weighted by Gasteiger charge is 2.31. The van der Waals surface area contributed by atoms with Gasteiger partial charge >= 0.3 is 0 Å². The lowest BCUT2D eigenvalue weighted by molar-refractivity contribution is 0.359. The number of rotatable bonds is 3. The van der Waals surface area contributed by atoms with Gasteiger partial charge in [-0.1, -0.05) is 24.3 Å². The van der Waals surface area contributed by atoms with Gasteiger partial charge in [0, 0.05) is 0 Å². The summed E-state index contributed by atoms with van der Waals surface area (Å²) in [7, 11) is -3.55. The smallest absolute Gasteiger partial charge is 0.208 e.